The number of hydrogen-bond donors (Lipinski definition) is 1. The molecule has 4 heteroatoms. The Morgan fingerprint density at radius 1 is 1.38 bits per heavy atom. The molecule has 0 aliphatic rings. The Morgan fingerprint density at radius 2 is 2.12 bits per heavy atom. The zero-order valence-electron chi connectivity index (χ0n) is 9.31. The van der Waals surface area contributed by atoms with Crippen molar-refractivity contribution in [3.05, 3.63) is 40.4 Å². The van der Waals surface area contributed by atoms with E-state index in [9.17, 15) is 4.79 Å². The summed E-state index contributed by atoms with van der Waals surface area (Å²) < 4.78 is 2.05. The van der Waals surface area contributed by atoms with Gasteiger partial charge in [-0.2, -0.15) is 4.98 Å². The number of benzene rings is 1. The van der Waals surface area contributed by atoms with E-state index in [0.29, 0.717) is 11.9 Å². The Balaban J connectivity index is 2.66. The Bertz CT molecular complexity index is 560. The number of nitrogens with two attached hydrogens (primary N) is 1. The topological polar surface area (TPSA) is 60.9 Å². The van der Waals surface area contributed by atoms with E-state index >= 15 is 0 Å². The predicted octanol–water partition coefficient (Wildman–Crippen LogP) is 1.05. The second-order valence-electron chi connectivity index (χ2n) is 3.78. The van der Waals surface area contributed by atoms with Gasteiger partial charge >= 0.3 is 0 Å². The molecule has 0 aliphatic heterocycles. The van der Waals surface area contributed by atoms with Crippen LogP contribution in [0.1, 0.15) is 12.2 Å². The number of para-hydroxylation sites is 1. The monoisotopic (exact) mass is 217 g/mol. The van der Waals surface area contributed by atoms with Gasteiger partial charge in [0.2, 0.25) is 0 Å². The third-order valence-electron chi connectivity index (χ3n) is 2.67. The Labute approximate surface area is 93.7 Å². The third-order valence-corrected chi connectivity index (χ3v) is 2.67. The summed E-state index contributed by atoms with van der Waals surface area (Å²) in [5.74, 6) is 0.747. The van der Waals surface area contributed by atoms with Gasteiger partial charge < -0.3 is 10.3 Å². The van der Waals surface area contributed by atoms with Crippen LogP contribution >= 0.6 is 0 Å². The van der Waals surface area contributed by atoms with Crippen LogP contribution in [0.4, 0.5) is 0 Å². The first-order chi connectivity index (χ1) is 7.74. The molecule has 16 heavy (non-hydrogen) atoms. The molecular formula is C12H15N3O. The van der Waals surface area contributed by atoms with Crippen molar-refractivity contribution in [3.63, 3.8) is 0 Å². The normalized spacial score (nSPS) is 10.9. The summed E-state index contributed by atoms with van der Waals surface area (Å²) in [7, 11) is 0. The van der Waals surface area contributed by atoms with Crippen molar-refractivity contribution in [1.82, 2.24) is 9.55 Å². The number of rotatable bonds is 3. The van der Waals surface area contributed by atoms with Gasteiger partial charge in [-0.3, -0.25) is 4.79 Å². The first kappa shape index (κ1) is 10.8. The molecule has 2 rings (SSSR count). The number of aryl methyl sites for hydroxylation is 2. The minimum absolute atomic E-state index is 0.155. The van der Waals surface area contributed by atoms with E-state index < -0.39 is 0 Å². The molecule has 0 amide bonds. The van der Waals surface area contributed by atoms with Crippen LogP contribution in [0.25, 0.3) is 10.9 Å². The van der Waals surface area contributed by atoms with Crippen LogP contribution < -0.4 is 11.3 Å². The van der Waals surface area contributed by atoms with E-state index in [1.54, 1.807) is 0 Å². The van der Waals surface area contributed by atoms with Gasteiger partial charge in [0.05, 0.1) is 10.9 Å². The van der Waals surface area contributed by atoms with Gasteiger partial charge in [-0.05, 0) is 32.0 Å². The average molecular weight is 217 g/mol. The second-order valence-corrected chi connectivity index (χ2v) is 3.78. The van der Waals surface area contributed by atoms with E-state index in [2.05, 4.69) is 4.98 Å². The van der Waals surface area contributed by atoms with Crippen molar-refractivity contribution in [2.75, 3.05) is 6.54 Å². The zero-order chi connectivity index (χ0) is 11.5. The van der Waals surface area contributed by atoms with E-state index in [1.807, 2.05) is 35.8 Å². The minimum atomic E-state index is -0.155. The van der Waals surface area contributed by atoms with Crippen LogP contribution in [0.15, 0.2) is 29.1 Å². The lowest BCUT2D eigenvalue weighted by Crippen LogP contribution is -2.18. The summed E-state index contributed by atoms with van der Waals surface area (Å²) in [6, 6.07) is 7.54. The molecule has 0 radical (unpaired) electrons. The summed E-state index contributed by atoms with van der Waals surface area (Å²) >= 11 is 0. The molecule has 1 heterocycles. The number of aromatic nitrogens is 2. The number of fused-ring (bicyclic) bond motifs is 1. The van der Waals surface area contributed by atoms with Gasteiger partial charge in [-0.1, -0.05) is 12.1 Å². The van der Waals surface area contributed by atoms with Crippen LogP contribution in [-0.2, 0) is 6.54 Å². The maximum Gasteiger partial charge on any atom is 0.280 e. The average Bonchev–Trinajstić information content (AvgIpc) is 2.29. The Hall–Kier alpha value is -1.68. The largest absolute Gasteiger partial charge is 0.330 e. The van der Waals surface area contributed by atoms with Crippen molar-refractivity contribution < 1.29 is 0 Å². The smallest absolute Gasteiger partial charge is 0.280 e. The lowest BCUT2D eigenvalue weighted by Gasteiger charge is -2.12. The van der Waals surface area contributed by atoms with Crippen molar-refractivity contribution in [1.29, 1.82) is 0 Å². The maximum atomic E-state index is 11.7. The highest BCUT2D eigenvalue weighted by Gasteiger charge is 2.06. The molecule has 0 atom stereocenters. The molecular weight excluding hydrogens is 202 g/mol. The SMILES string of the molecule is Cc1nc(=O)c2ccccc2n1CCCN. The van der Waals surface area contributed by atoms with Gasteiger partial charge in [-0.25, -0.2) is 0 Å². The van der Waals surface area contributed by atoms with E-state index in [-0.39, 0.29) is 5.56 Å². The first-order valence-electron chi connectivity index (χ1n) is 5.40. The van der Waals surface area contributed by atoms with Crippen molar-refractivity contribution in [3.8, 4) is 0 Å². The first-order valence-corrected chi connectivity index (χ1v) is 5.40. The maximum absolute atomic E-state index is 11.7. The third kappa shape index (κ3) is 1.84. The fourth-order valence-corrected chi connectivity index (χ4v) is 1.86. The van der Waals surface area contributed by atoms with Crippen LogP contribution in [0.5, 0.6) is 0 Å². The van der Waals surface area contributed by atoms with Gasteiger partial charge in [0.1, 0.15) is 5.82 Å². The summed E-state index contributed by atoms with van der Waals surface area (Å²) in [5.41, 5.74) is 6.29. The quantitative estimate of drug-likeness (QED) is 0.836. The van der Waals surface area contributed by atoms with Crippen LogP contribution in [-0.4, -0.2) is 16.1 Å². The molecule has 0 fully saturated rings. The molecule has 4 nitrogen and oxygen atoms in total. The fraction of sp³-hybridized carbons (Fsp3) is 0.333. The molecule has 1 aromatic heterocycles. The van der Waals surface area contributed by atoms with Crippen LogP contribution in [0.2, 0.25) is 0 Å². The van der Waals surface area contributed by atoms with Crippen molar-refractivity contribution in [2.24, 2.45) is 5.73 Å². The molecule has 2 N–H and O–H groups in total. The summed E-state index contributed by atoms with van der Waals surface area (Å²) in [6.07, 6.45) is 0.884. The lowest BCUT2D eigenvalue weighted by atomic mass is 10.2. The molecule has 0 unspecified atom stereocenters. The van der Waals surface area contributed by atoms with Gasteiger partial charge in [0.15, 0.2) is 0 Å². The van der Waals surface area contributed by atoms with Crippen LogP contribution in [0.3, 0.4) is 0 Å². The minimum Gasteiger partial charge on any atom is -0.330 e. The Kier molecular flexibility index (Phi) is 3.01. The summed E-state index contributed by atoms with van der Waals surface area (Å²) in [5, 5.41) is 0.671. The molecule has 0 saturated heterocycles. The van der Waals surface area contributed by atoms with E-state index in [1.165, 1.54) is 0 Å². The highest BCUT2D eigenvalue weighted by Crippen LogP contribution is 2.11. The van der Waals surface area contributed by atoms with E-state index in [4.69, 9.17) is 5.73 Å². The van der Waals surface area contributed by atoms with Crippen LogP contribution in [0, 0.1) is 6.92 Å². The second kappa shape index (κ2) is 4.45. The van der Waals surface area contributed by atoms with Gasteiger partial charge in [0, 0.05) is 6.54 Å². The highest BCUT2D eigenvalue weighted by atomic mass is 16.1. The van der Waals surface area contributed by atoms with Gasteiger partial charge in [0.25, 0.3) is 5.56 Å². The number of nitrogens with zero attached hydrogens (tertiary/aromatic N) is 2. The molecule has 0 spiro atoms. The Morgan fingerprint density at radius 3 is 2.88 bits per heavy atom. The standard InChI is InChI=1S/C12H15N3O/c1-9-14-12(16)10-5-2-3-6-11(10)15(9)8-4-7-13/h2-3,5-6H,4,7-8,13H2,1H3. The molecule has 0 bridgehead atoms. The molecule has 2 aromatic rings. The van der Waals surface area contributed by atoms with Crippen molar-refractivity contribution >= 4 is 10.9 Å². The molecule has 0 aliphatic carbocycles. The highest BCUT2D eigenvalue weighted by molar-refractivity contribution is 5.78. The molecule has 84 valence electrons. The zero-order valence-corrected chi connectivity index (χ0v) is 9.31. The summed E-state index contributed by atoms with van der Waals surface area (Å²) in [4.78, 5) is 15.7. The van der Waals surface area contributed by atoms with E-state index in [0.717, 1.165) is 24.3 Å². The number of hydrogen-bond acceptors (Lipinski definition) is 3. The van der Waals surface area contributed by atoms with Crippen molar-refractivity contribution in [2.45, 2.75) is 19.9 Å². The molecule has 1 aromatic carbocycles. The summed E-state index contributed by atoms with van der Waals surface area (Å²) in [6.45, 7) is 3.29. The molecule has 0 saturated carbocycles. The fourth-order valence-electron chi connectivity index (χ4n) is 1.86. The lowest BCUT2D eigenvalue weighted by molar-refractivity contribution is 0.635. The predicted molar refractivity (Wildman–Crippen MR) is 64.4 cm³/mol. The van der Waals surface area contributed by atoms with Gasteiger partial charge in [-0.15, -0.1) is 0 Å².